The van der Waals surface area contributed by atoms with Crippen LogP contribution in [0, 0.1) is 0 Å². The summed E-state index contributed by atoms with van der Waals surface area (Å²) in [5, 5.41) is 0. The molecule has 0 amide bonds. The van der Waals surface area contributed by atoms with E-state index in [-0.39, 0.29) is 0 Å². The Labute approximate surface area is 112 Å². The van der Waals surface area contributed by atoms with Crippen molar-refractivity contribution in [3.63, 3.8) is 0 Å². The number of benzene rings is 1. The molecule has 4 nitrogen and oxygen atoms in total. The first-order valence-corrected chi connectivity index (χ1v) is 6.59. The van der Waals surface area contributed by atoms with Crippen molar-refractivity contribution < 1.29 is 9.59 Å². The van der Waals surface area contributed by atoms with Gasteiger partial charge in [-0.1, -0.05) is 43.5 Å². The Hall–Kier alpha value is -2.02. The lowest BCUT2D eigenvalue weighted by atomic mass is 9.84. The predicted octanol–water partition coefficient (Wildman–Crippen LogP) is 3.40. The molecular formula is C15H16N2O2. The summed E-state index contributed by atoms with van der Waals surface area (Å²) < 4.78 is 0. The standard InChI is InChI=1S/C15H16N2O2/c18-10-16-15(17-11-19)14-8-6-13(7-9-14)12-4-2-1-3-5-12/h6-9,12,15H,1-5H2. The average molecular weight is 256 g/mol. The molecule has 0 radical (unpaired) electrons. The molecule has 0 heterocycles. The first-order valence-electron chi connectivity index (χ1n) is 6.59. The van der Waals surface area contributed by atoms with Gasteiger partial charge in [0.1, 0.15) is 0 Å². The van der Waals surface area contributed by atoms with Crippen LogP contribution in [0.25, 0.3) is 0 Å². The monoisotopic (exact) mass is 256 g/mol. The van der Waals surface area contributed by atoms with Gasteiger partial charge >= 0.3 is 0 Å². The molecule has 1 aliphatic carbocycles. The molecule has 0 bridgehead atoms. The number of nitrogens with zero attached hydrogens (tertiary/aromatic N) is 2. The van der Waals surface area contributed by atoms with Crippen molar-refractivity contribution in [2.24, 2.45) is 9.98 Å². The smallest absolute Gasteiger partial charge is 0.211 e. The molecular weight excluding hydrogens is 240 g/mol. The lowest BCUT2D eigenvalue weighted by Crippen LogP contribution is -2.04. The summed E-state index contributed by atoms with van der Waals surface area (Å²) in [5.41, 5.74) is 2.03. The lowest BCUT2D eigenvalue weighted by Gasteiger charge is -2.22. The normalized spacial score (nSPS) is 17.1. The molecule has 2 rings (SSSR count). The van der Waals surface area contributed by atoms with E-state index in [1.165, 1.54) is 49.8 Å². The van der Waals surface area contributed by atoms with Crippen LogP contribution in [0.3, 0.4) is 0 Å². The molecule has 98 valence electrons. The maximum atomic E-state index is 10.3. The molecule has 1 fully saturated rings. The van der Waals surface area contributed by atoms with E-state index in [9.17, 15) is 9.59 Å². The predicted molar refractivity (Wildman–Crippen MR) is 71.3 cm³/mol. The first-order chi connectivity index (χ1) is 9.35. The van der Waals surface area contributed by atoms with Crippen LogP contribution >= 0.6 is 0 Å². The third kappa shape index (κ3) is 3.47. The quantitative estimate of drug-likeness (QED) is 0.612. The van der Waals surface area contributed by atoms with Gasteiger partial charge in [0.2, 0.25) is 12.2 Å². The average Bonchev–Trinajstić information content (AvgIpc) is 2.48. The second kappa shape index (κ2) is 6.79. The zero-order chi connectivity index (χ0) is 13.5. The summed E-state index contributed by atoms with van der Waals surface area (Å²) >= 11 is 0. The van der Waals surface area contributed by atoms with Crippen molar-refractivity contribution in [3.8, 4) is 0 Å². The van der Waals surface area contributed by atoms with Gasteiger partial charge in [-0.3, -0.25) is 0 Å². The fraction of sp³-hybridized carbons (Fsp3) is 0.467. The van der Waals surface area contributed by atoms with E-state index in [0.29, 0.717) is 11.5 Å². The molecule has 0 aromatic heterocycles. The molecule has 1 saturated carbocycles. The van der Waals surface area contributed by atoms with Gasteiger partial charge in [-0.2, -0.15) is 9.98 Å². The van der Waals surface area contributed by atoms with Gasteiger partial charge in [-0.05, 0) is 29.9 Å². The van der Waals surface area contributed by atoms with E-state index in [2.05, 4.69) is 9.98 Å². The van der Waals surface area contributed by atoms with Gasteiger partial charge in [0.15, 0.2) is 6.17 Å². The second-order valence-electron chi connectivity index (χ2n) is 4.82. The van der Waals surface area contributed by atoms with Gasteiger partial charge in [0.25, 0.3) is 0 Å². The van der Waals surface area contributed by atoms with Gasteiger partial charge in [0, 0.05) is 0 Å². The van der Waals surface area contributed by atoms with Crippen molar-refractivity contribution >= 4 is 12.2 Å². The Morgan fingerprint density at radius 2 is 1.53 bits per heavy atom. The van der Waals surface area contributed by atoms with Crippen LogP contribution in [0.4, 0.5) is 0 Å². The van der Waals surface area contributed by atoms with E-state index in [4.69, 9.17) is 0 Å². The molecule has 1 aromatic rings. The first kappa shape index (κ1) is 13.4. The highest BCUT2D eigenvalue weighted by Gasteiger charge is 2.16. The number of rotatable bonds is 4. The highest BCUT2D eigenvalue weighted by atomic mass is 16.1. The fourth-order valence-electron chi connectivity index (χ4n) is 2.65. The van der Waals surface area contributed by atoms with Crippen molar-refractivity contribution in [3.05, 3.63) is 35.4 Å². The summed E-state index contributed by atoms with van der Waals surface area (Å²) in [6.07, 6.45) is 8.44. The van der Waals surface area contributed by atoms with Crippen LogP contribution < -0.4 is 0 Å². The maximum Gasteiger partial charge on any atom is 0.237 e. The van der Waals surface area contributed by atoms with E-state index >= 15 is 0 Å². The van der Waals surface area contributed by atoms with Gasteiger partial charge in [-0.15, -0.1) is 0 Å². The molecule has 0 atom stereocenters. The van der Waals surface area contributed by atoms with Crippen LogP contribution in [0.1, 0.15) is 55.3 Å². The molecule has 0 N–H and O–H groups in total. The highest BCUT2D eigenvalue weighted by molar-refractivity contribution is 5.40. The zero-order valence-corrected chi connectivity index (χ0v) is 10.7. The fourth-order valence-corrected chi connectivity index (χ4v) is 2.65. The van der Waals surface area contributed by atoms with Crippen LogP contribution in [-0.4, -0.2) is 12.2 Å². The Morgan fingerprint density at radius 1 is 0.947 bits per heavy atom. The van der Waals surface area contributed by atoms with E-state index in [0.717, 1.165) is 0 Å². The molecule has 19 heavy (non-hydrogen) atoms. The SMILES string of the molecule is O=C=NC(N=C=O)c1ccc(C2CCCCC2)cc1. The third-order valence-electron chi connectivity index (χ3n) is 3.66. The summed E-state index contributed by atoms with van der Waals surface area (Å²) in [4.78, 5) is 27.6. The van der Waals surface area contributed by atoms with Gasteiger partial charge in [0.05, 0.1) is 0 Å². The molecule has 0 aliphatic heterocycles. The number of carbonyl (C=O) groups excluding carboxylic acids is 2. The third-order valence-corrected chi connectivity index (χ3v) is 3.66. The molecule has 1 aromatic carbocycles. The summed E-state index contributed by atoms with van der Waals surface area (Å²) in [5.74, 6) is 0.630. The number of hydrogen-bond acceptors (Lipinski definition) is 4. The van der Waals surface area contributed by atoms with Crippen molar-refractivity contribution in [2.45, 2.75) is 44.2 Å². The number of hydrogen-bond donors (Lipinski definition) is 0. The highest BCUT2D eigenvalue weighted by Crippen LogP contribution is 2.33. The van der Waals surface area contributed by atoms with Crippen molar-refractivity contribution in [1.82, 2.24) is 0 Å². The minimum Gasteiger partial charge on any atom is -0.211 e. The molecule has 0 saturated heterocycles. The Morgan fingerprint density at radius 3 is 2.05 bits per heavy atom. The van der Waals surface area contributed by atoms with Crippen LogP contribution in [0.15, 0.2) is 34.3 Å². The summed E-state index contributed by atoms with van der Waals surface area (Å²) in [7, 11) is 0. The van der Waals surface area contributed by atoms with Crippen molar-refractivity contribution in [1.29, 1.82) is 0 Å². The maximum absolute atomic E-state index is 10.3. The van der Waals surface area contributed by atoms with Gasteiger partial charge in [-0.25, -0.2) is 9.59 Å². The Bertz CT molecular complexity index is 487. The topological polar surface area (TPSA) is 58.9 Å². The Kier molecular flexibility index (Phi) is 4.79. The number of isocyanates is 2. The zero-order valence-electron chi connectivity index (χ0n) is 10.7. The molecule has 4 heteroatoms. The van der Waals surface area contributed by atoms with Crippen LogP contribution in [0.5, 0.6) is 0 Å². The van der Waals surface area contributed by atoms with E-state index in [1.54, 1.807) is 0 Å². The van der Waals surface area contributed by atoms with E-state index < -0.39 is 6.17 Å². The summed E-state index contributed by atoms with van der Waals surface area (Å²) in [6, 6.07) is 7.82. The van der Waals surface area contributed by atoms with Gasteiger partial charge < -0.3 is 0 Å². The van der Waals surface area contributed by atoms with Crippen LogP contribution in [-0.2, 0) is 9.59 Å². The number of aliphatic imine (C=N–C) groups is 2. The second-order valence-corrected chi connectivity index (χ2v) is 4.82. The molecule has 0 unspecified atom stereocenters. The van der Waals surface area contributed by atoms with E-state index in [1.807, 2.05) is 24.3 Å². The van der Waals surface area contributed by atoms with Crippen LogP contribution in [0.2, 0.25) is 0 Å². The molecule has 0 spiro atoms. The van der Waals surface area contributed by atoms with Crippen molar-refractivity contribution in [2.75, 3.05) is 0 Å². The lowest BCUT2D eigenvalue weighted by molar-refractivity contribution is 0.443. The largest absolute Gasteiger partial charge is 0.237 e. The summed E-state index contributed by atoms with van der Waals surface area (Å²) in [6.45, 7) is 0. The Balaban J connectivity index is 2.16. The minimum atomic E-state index is -0.810. The molecule has 1 aliphatic rings. The minimum absolute atomic E-state index is 0.630.